The third-order valence-electron chi connectivity index (χ3n) is 2.92. The summed E-state index contributed by atoms with van der Waals surface area (Å²) in [5.41, 5.74) is -0.990. The molecule has 0 bridgehead atoms. The van der Waals surface area contributed by atoms with Gasteiger partial charge in [0.1, 0.15) is 25.5 Å². The minimum atomic E-state index is -0.572. The predicted octanol–water partition coefficient (Wildman–Crippen LogP) is 0.169. The van der Waals surface area contributed by atoms with Crippen molar-refractivity contribution < 1.29 is 14.3 Å². The van der Waals surface area contributed by atoms with Gasteiger partial charge in [0.05, 0.1) is 0 Å². The van der Waals surface area contributed by atoms with Gasteiger partial charge in [-0.15, -0.1) is 0 Å². The number of carbonyl (C=O) groups is 1. The second kappa shape index (κ2) is 7.26. The van der Waals surface area contributed by atoms with Crippen LogP contribution in [-0.2, 0) is 23.1 Å². The number of nitrogens with zero attached hydrogens (tertiary/aromatic N) is 2. The summed E-state index contributed by atoms with van der Waals surface area (Å²) in [7, 11) is 1.35. The molecule has 2 aromatic rings. The van der Waals surface area contributed by atoms with E-state index in [0.29, 0.717) is 5.75 Å². The van der Waals surface area contributed by atoms with Crippen molar-refractivity contribution in [2.24, 2.45) is 7.05 Å². The highest BCUT2D eigenvalue weighted by Crippen LogP contribution is 2.07. The normalized spacial score (nSPS) is 10.2. The van der Waals surface area contributed by atoms with Crippen LogP contribution in [-0.4, -0.2) is 28.3 Å². The van der Waals surface area contributed by atoms with Crippen LogP contribution in [0.5, 0.6) is 5.75 Å². The van der Waals surface area contributed by atoms with Gasteiger partial charge in [0, 0.05) is 19.3 Å². The molecule has 0 aliphatic rings. The molecule has 0 saturated heterocycles. The van der Waals surface area contributed by atoms with Gasteiger partial charge in [-0.2, -0.15) is 0 Å². The molecule has 116 valence electrons. The molecule has 0 atom stereocenters. The Balaban J connectivity index is 1.80. The Morgan fingerprint density at radius 1 is 1.09 bits per heavy atom. The highest BCUT2D eigenvalue weighted by Gasteiger charge is 2.08. The fourth-order valence-electron chi connectivity index (χ4n) is 1.75. The van der Waals surface area contributed by atoms with Gasteiger partial charge in [0.25, 0.3) is 5.56 Å². The lowest BCUT2D eigenvalue weighted by molar-refractivity contribution is -0.145. The summed E-state index contributed by atoms with van der Waals surface area (Å²) in [5, 5.41) is 0. The number of hydrogen-bond acceptors (Lipinski definition) is 5. The Bertz CT molecular complexity index is 749. The van der Waals surface area contributed by atoms with Gasteiger partial charge in [-0.05, 0) is 12.1 Å². The van der Waals surface area contributed by atoms with E-state index in [0.717, 1.165) is 9.13 Å². The topological polar surface area (TPSA) is 79.5 Å². The molecule has 22 heavy (non-hydrogen) atoms. The molecule has 1 heterocycles. The van der Waals surface area contributed by atoms with Crippen molar-refractivity contribution in [3.05, 3.63) is 63.4 Å². The maximum Gasteiger partial charge on any atom is 0.331 e. The van der Waals surface area contributed by atoms with Crippen LogP contribution in [0.25, 0.3) is 0 Å². The van der Waals surface area contributed by atoms with E-state index < -0.39 is 17.2 Å². The van der Waals surface area contributed by atoms with Crippen molar-refractivity contribution in [1.82, 2.24) is 9.13 Å². The van der Waals surface area contributed by atoms with Crippen LogP contribution in [0.4, 0.5) is 0 Å². The van der Waals surface area contributed by atoms with E-state index >= 15 is 0 Å². The SMILES string of the molecule is Cn1c(=O)ccn(CC(=O)OCCOc2ccccc2)c1=O. The Morgan fingerprint density at radius 3 is 2.55 bits per heavy atom. The van der Waals surface area contributed by atoms with Gasteiger partial charge in [0.2, 0.25) is 0 Å². The van der Waals surface area contributed by atoms with Crippen LogP contribution < -0.4 is 16.0 Å². The Kier molecular flexibility index (Phi) is 5.13. The second-order valence-corrected chi connectivity index (χ2v) is 4.51. The number of rotatable bonds is 6. The minimum Gasteiger partial charge on any atom is -0.490 e. The zero-order chi connectivity index (χ0) is 15.9. The summed E-state index contributed by atoms with van der Waals surface area (Å²) in [5.74, 6) is 0.116. The summed E-state index contributed by atoms with van der Waals surface area (Å²) in [4.78, 5) is 34.6. The average molecular weight is 304 g/mol. The molecule has 0 saturated carbocycles. The molecule has 7 nitrogen and oxygen atoms in total. The van der Waals surface area contributed by atoms with E-state index in [1.165, 1.54) is 19.3 Å². The molecule has 1 aromatic heterocycles. The maximum absolute atomic E-state index is 11.7. The van der Waals surface area contributed by atoms with Crippen molar-refractivity contribution in [3.8, 4) is 5.75 Å². The number of ether oxygens (including phenoxy) is 2. The molecule has 7 heteroatoms. The molecule has 0 aliphatic heterocycles. The summed E-state index contributed by atoms with van der Waals surface area (Å²) in [6, 6.07) is 10.4. The minimum absolute atomic E-state index is 0.0776. The van der Waals surface area contributed by atoms with Crippen LogP contribution in [0.2, 0.25) is 0 Å². The molecule has 0 aliphatic carbocycles. The highest BCUT2D eigenvalue weighted by molar-refractivity contribution is 5.69. The summed E-state index contributed by atoms with van der Waals surface area (Å²) in [6.45, 7) is 0.0461. The predicted molar refractivity (Wildman–Crippen MR) is 78.8 cm³/mol. The molecule has 0 spiro atoms. The molecule has 0 radical (unpaired) electrons. The smallest absolute Gasteiger partial charge is 0.331 e. The van der Waals surface area contributed by atoms with Gasteiger partial charge in [-0.1, -0.05) is 18.2 Å². The largest absolute Gasteiger partial charge is 0.490 e. The van der Waals surface area contributed by atoms with E-state index in [1.807, 2.05) is 18.2 Å². The molecule has 0 fully saturated rings. The lowest BCUT2D eigenvalue weighted by atomic mass is 10.3. The molecule has 2 rings (SSSR count). The van der Waals surface area contributed by atoms with Crippen molar-refractivity contribution in [2.45, 2.75) is 6.54 Å². The standard InChI is InChI=1S/C15H16N2O5/c1-16-13(18)7-8-17(15(16)20)11-14(19)22-10-9-21-12-5-3-2-4-6-12/h2-8H,9-11H2,1H3. The van der Waals surface area contributed by atoms with Crippen LogP contribution in [0.3, 0.4) is 0 Å². The number of aromatic nitrogens is 2. The number of esters is 1. The van der Waals surface area contributed by atoms with Crippen molar-refractivity contribution >= 4 is 5.97 Å². The lowest BCUT2D eigenvalue weighted by Gasteiger charge is -2.09. The number of para-hydroxylation sites is 1. The monoisotopic (exact) mass is 304 g/mol. The summed E-state index contributed by atoms with van der Waals surface area (Å²) in [6.07, 6.45) is 1.27. The molecule has 1 aromatic carbocycles. The van der Waals surface area contributed by atoms with E-state index in [2.05, 4.69) is 0 Å². The van der Waals surface area contributed by atoms with E-state index in [1.54, 1.807) is 12.1 Å². The van der Waals surface area contributed by atoms with Crippen molar-refractivity contribution in [1.29, 1.82) is 0 Å². The zero-order valence-electron chi connectivity index (χ0n) is 12.1. The Labute approximate surface area is 126 Å². The Morgan fingerprint density at radius 2 is 1.82 bits per heavy atom. The first kappa shape index (κ1) is 15.6. The van der Waals surface area contributed by atoms with Gasteiger partial charge in [-0.3, -0.25) is 18.7 Å². The zero-order valence-corrected chi connectivity index (χ0v) is 12.1. The maximum atomic E-state index is 11.7. The summed E-state index contributed by atoms with van der Waals surface area (Å²) >= 11 is 0. The first-order valence-corrected chi connectivity index (χ1v) is 6.68. The van der Waals surface area contributed by atoms with Crippen LogP contribution in [0, 0.1) is 0 Å². The summed E-state index contributed by atoms with van der Waals surface area (Å²) < 4.78 is 12.4. The number of hydrogen-bond donors (Lipinski definition) is 0. The van der Waals surface area contributed by atoms with Gasteiger partial charge in [0.15, 0.2) is 0 Å². The van der Waals surface area contributed by atoms with E-state index in [4.69, 9.17) is 9.47 Å². The first-order chi connectivity index (χ1) is 10.6. The second-order valence-electron chi connectivity index (χ2n) is 4.51. The lowest BCUT2D eigenvalue weighted by Crippen LogP contribution is -2.38. The fraction of sp³-hybridized carbons (Fsp3) is 0.267. The van der Waals surface area contributed by atoms with Crippen molar-refractivity contribution in [2.75, 3.05) is 13.2 Å². The highest BCUT2D eigenvalue weighted by atomic mass is 16.6. The van der Waals surface area contributed by atoms with Gasteiger partial charge in [-0.25, -0.2) is 4.79 Å². The molecular formula is C15H16N2O5. The average Bonchev–Trinajstić information content (AvgIpc) is 2.53. The van der Waals surface area contributed by atoms with Crippen LogP contribution in [0.1, 0.15) is 0 Å². The van der Waals surface area contributed by atoms with Crippen LogP contribution >= 0.6 is 0 Å². The number of benzene rings is 1. The third-order valence-corrected chi connectivity index (χ3v) is 2.92. The quantitative estimate of drug-likeness (QED) is 0.561. The third kappa shape index (κ3) is 4.08. The molecule has 0 amide bonds. The molecular weight excluding hydrogens is 288 g/mol. The van der Waals surface area contributed by atoms with Crippen molar-refractivity contribution in [3.63, 3.8) is 0 Å². The molecule has 0 unspecified atom stereocenters. The van der Waals surface area contributed by atoms with E-state index in [9.17, 15) is 14.4 Å². The Hall–Kier alpha value is -2.83. The van der Waals surface area contributed by atoms with Crippen LogP contribution in [0.15, 0.2) is 52.2 Å². The van der Waals surface area contributed by atoms with Gasteiger partial charge < -0.3 is 9.47 Å². The number of carbonyl (C=O) groups excluding carboxylic acids is 1. The first-order valence-electron chi connectivity index (χ1n) is 6.68. The fourth-order valence-corrected chi connectivity index (χ4v) is 1.75. The van der Waals surface area contributed by atoms with E-state index in [-0.39, 0.29) is 19.8 Å². The van der Waals surface area contributed by atoms with Gasteiger partial charge >= 0.3 is 11.7 Å². The molecule has 0 N–H and O–H groups in total.